The molecule has 1 rings (SSSR count). The molecule has 0 aromatic heterocycles. The molecular weight excluding hydrogens is 248 g/mol. The van der Waals surface area contributed by atoms with Crippen molar-refractivity contribution in [3.8, 4) is 0 Å². The molecule has 3 N–H and O–H groups in total. The van der Waals surface area contributed by atoms with Gasteiger partial charge in [-0.1, -0.05) is 31.5 Å². The largest absolute Gasteiger partial charge is 0.345 e. The van der Waals surface area contributed by atoms with Crippen LogP contribution in [0.1, 0.15) is 42.6 Å². The van der Waals surface area contributed by atoms with E-state index in [1.165, 1.54) is 0 Å². The van der Waals surface area contributed by atoms with Gasteiger partial charge in [0, 0.05) is 17.1 Å². The summed E-state index contributed by atoms with van der Waals surface area (Å²) >= 11 is 6.03. The van der Waals surface area contributed by atoms with Crippen molar-refractivity contribution in [3.05, 3.63) is 34.3 Å². The van der Waals surface area contributed by atoms with Gasteiger partial charge in [0.25, 0.3) is 5.91 Å². The molecule has 0 saturated carbocycles. The van der Waals surface area contributed by atoms with Gasteiger partial charge in [-0.3, -0.25) is 4.79 Å². The van der Waals surface area contributed by atoms with E-state index in [0.717, 1.165) is 18.4 Å². The van der Waals surface area contributed by atoms with Crippen molar-refractivity contribution in [2.45, 2.75) is 39.2 Å². The maximum Gasteiger partial charge on any atom is 0.252 e. The van der Waals surface area contributed by atoms with Crippen LogP contribution in [-0.2, 0) is 0 Å². The van der Waals surface area contributed by atoms with Gasteiger partial charge in [0.1, 0.15) is 0 Å². The van der Waals surface area contributed by atoms with Gasteiger partial charge in [0.2, 0.25) is 0 Å². The summed E-state index contributed by atoms with van der Waals surface area (Å²) in [4.78, 5) is 12.3. The monoisotopic (exact) mass is 268 g/mol. The normalized spacial score (nSPS) is 11.4. The average Bonchev–Trinajstić information content (AvgIpc) is 2.39. The Morgan fingerprint density at radius 1 is 1.39 bits per heavy atom. The van der Waals surface area contributed by atoms with Crippen LogP contribution in [0.2, 0.25) is 5.02 Å². The second-order valence-corrected chi connectivity index (χ2v) is 4.97. The predicted molar refractivity (Wildman–Crippen MR) is 76.0 cm³/mol. The molecule has 3 nitrogen and oxygen atoms in total. The highest BCUT2D eigenvalue weighted by Gasteiger charge is 2.27. The molecule has 0 heterocycles. The standard InChI is InChI=1S/C14H21ClN2O/c1-4-14(5-2,9-16)17-13(18)11-7-6-8-12(15)10(11)3/h6-8H,4-5,9,16H2,1-3H3,(H,17,18). The first kappa shape index (κ1) is 15.0. The zero-order chi connectivity index (χ0) is 13.8. The molecule has 1 amide bonds. The predicted octanol–water partition coefficient (Wildman–Crippen LogP) is 2.90. The smallest absolute Gasteiger partial charge is 0.252 e. The number of carbonyl (C=O) groups excluding carboxylic acids is 1. The van der Waals surface area contributed by atoms with Gasteiger partial charge in [0.05, 0.1) is 5.54 Å². The van der Waals surface area contributed by atoms with Crippen molar-refractivity contribution in [2.75, 3.05) is 6.54 Å². The fourth-order valence-electron chi connectivity index (χ4n) is 1.93. The summed E-state index contributed by atoms with van der Waals surface area (Å²) in [7, 11) is 0. The Morgan fingerprint density at radius 2 is 2.00 bits per heavy atom. The molecule has 1 aromatic carbocycles. The van der Waals surface area contributed by atoms with Crippen molar-refractivity contribution >= 4 is 17.5 Å². The summed E-state index contributed by atoms with van der Waals surface area (Å²) in [5, 5.41) is 3.65. The van der Waals surface area contributed by atoms with Gasteiger partial charge in [0.15, 0.2) is 0 Å². The lowest BCUT2D eigenvalue weighted by Gasteiger charge is -2.31. The fourth-order valence-corrected chi connectivity index (χ4v) is 2.10. The van der Waals surface area contributed by atoms with Gasteiger partial charge >= 0.3 is 0 Å². The van der Waals surface area contributed by atoms with E-state index in [1.54, 1.807) is 18.2 Å². The fraction of sp³-hybridized carbons (Fsp3) is 0.500. The number of benzene rings is 1. The summed E-state index contributed by atoms with van der Waals surface area (Å²) in [6, 6.07) is 5.35. The maximum atomic E-state index is 12.3. The minimum absolute atomic E-state index is 0.107. The topological polar surface area (TPSA) is 55.1 Å². The number of amides is 1. The van der Waals surface area contributed by atoms with Crippen molar-refractivity contribution in [2.24, 2.45) is 5.73 Å². The molecule has 0 radical (unpaired) electrons. The van der Waals surface area contributed by atoms with Gasteiger partial charge in [-0.25, -0.2) is 0 Å². The maximum absolute atomic E-state index is 12.3. The molecule has 100 valence electrons. The first-order chi connectivity index (χ1) is 8.49. The quantitative estimate of drug-likeness (QED) is 0.863. The van der Waals surface area contributed by atoms with E-state index in [4.69, 9.17) is 17.3 Å². The Labute approximate surface area is 114 Å². The summed E-state index contributed by atoms with van der Waals surface area (Å²) in [5.74, 6) is -0.107. The molecule has 0 saturated heterocycles. The lowest BCUT2D eigenvalue weighted by atomic mass is 9.92. The van der Waals surface area contributed by atoms with E-state index in [0.29, 0.717) is 17.1 Å². The highest BCUT2D eigenvalue weighted by Crippen LogP contribution is 2.20. The molecule has 0 spiro atoms. The number of hydrogen-bond donors (Lipinski definition) is 2. The summed E-state index contributed by atoms with van der Waals surface area (Å²) in [5.41, 5.74) is 6.87. The van der Waals surface area contributed by atoms with Crippen LogP contribution in [0.25, 0.3) is 0 Å². The molecule has 1 aromatic rings. The molecule has 0 bridgehead atoms. The van der Waals surface area contributed by atoms with Crippen molar-refractivity contribution in [1.82, 2.24) is 5.32 Å². The molecule has 0 aliphatic rings. The first-order valence-corrected chi connectivity index (χ1v) is 6.65. The Balaban J connectivity index is 2.98. The molecule has 0 fully saturated rings. The highest BCUT2D eigenvalue weighted by molar-refractivity contribution is 6.31. The zero-order valence-electron chi connectivity index (χ0n) is 11.2. The number of nitrogens with one attached hydrogen (secondary N) is 1. The lowest BCUT2D eigenvalue weighted by Crippen LogP contribution is -2.53. The van der Waals surface area contributed by atoms with E-state index in [1.807, 2.05) is 20.8 Å². The lowest BCUT2D eigenvalue weighted by molar-refractivity contribution is 0.0894. The highest BCUT2D eigenvalue weighted by atomic mass is 35.5. The van der Waals surface area contributed by atoms with Crippen LogP contribution in [0.3, 0.4) is 0 Å². The van der Waals surface area contributed by atoms with Crippen LogP contribution < -0.4 is 11.1 Å². The SMILES string of the molecule is CCC(CC)(CN)NC(=O)c1cccc(Cl)c1C. The molecular formula is C14H21ClN2O. The minimum Gasteiger partial charge on any atom is -0.345 e. The third-order valence-corrected chi connectivity index (χ3v) is 4.04. The van der Waals surface area contributed by atoms with Crippen LogP contribution >= 0.6 is 11.6 Å². The van der Waals surface area contributed by atoms with E-state index in [-0.39, 0.29) is 11.4 Å². The number of nitrogens with two attached hydrogens (primary N) is 1. The van der Waals surface area contributed by atoms with E-state index < -0.39 is 0 Å². The average molecular weight is 269 g/mol. The van der Waals surface area contributed by atoms with Crippen LogP contribution in [0.4, 0.5) is 0 Å². The van der Waals surface area contributed by atoms with Crippen LogP contribution in [0.5, 0.6) is 0 Å². The first-order valence-electron chi connectivity index (χ1n) is 6.27. The summed E-state index contributed by atoms with van der Waals surface area (Å²) in [6.07, 6.45) is 1.62. The van der Waals surface area contributed by atoms with Gasteiger partial charge in [-0.05, 0) is 37.5 Å². The molecule has 0 atom stereocenters. The molecule has 0 unspecified atom stereocenters. The van der Waals surface area contributed by atoms with Crippen molar-refractivity contribution < 1.29 is 4.79 Å². The van der Waals surface area contributed by atoms with Crippen molar-refractivity contribution in [1.29, 1.82) is 0 Å². The number of hydrogen-bond acceptors (Lipinski definition) is 2. The Kier molecular flexibility index (Phi) is 5.17. The minimum atomic E-state index is -0.328. The van der Waals surface area contributed by atoms with Gasteiger partial charge in [-0.15, -0.1) is 0 Å². The third-order valence-electron chi connectivity index (χ3n) is 3.64. The molecule has 0 aliphatic heterocycles. The zero-order valence-corrected chi connectivity index (χ0v) is 12.0. The second kappa shape index (κ2) is 6.21. The van der Waals surface area contributed by atoms with Crippen molar-refractivity contribution in [3.63, 3.8) is 0 Å². The van der Waals surface area contributed by atoms with Gasteiger partial charge < -0.3 is 11.1 Å². The second-order valence-electron chi connectivity index (χ2n) is 4.56. The third kappa shape index (κ3) is 3.03. The number of halogens is 1. The molecule has 4 heteroatoms. The molecule has 0 aliphatic carbocycles. The van der Waals surface area contributed by atoms with E-state index in [9.17, 15) is 4.79 Å². The Bertz CT molecular complexity index is 420. The van der Waals surface area contributed by atoms with Crippen LogP contribution in [0, 0.1) is 6.92 Å². The number of carbonyl (C=O) groups is 1. The Hall–Kier alpha value is -1.06. The number of rotatable bonds is 5. The molecule has 18 heavy (non-hydrogen) atoms. The summed E-state index contributed by atoms with van der Waals surface area (Å²) in [6.45, 7) is 6.34. The summed E-state index contributed by atoms with van der Waals surface area (Å²) < 4.78 is 0. The van der Waals surface area contributed by atoms with Crippen LogP contribution in [-0.4, -0.2) is 18.0 Å². The van der Waals surface area contributed by atoms with E-state index >= 15 is 0 Å². The van der Waals surface area contributed by atoms with E-state index in [2.05, 4.69) is 5.32 Å². The van der Waals surface area contributed by atoms with Gasteiger partial charge in [-0.2, -0.15) is 0 Å². The Morgan fingerprint density at radius 3 is 2.50 bits per heavy atom. The van der Waals surface area contributed by atoms with Crippen LogP contribution in [0.15, 0.2) is 18.2 Å².